The second kappa shape index (κ2) is 10.8. The summed E-state index contributed by atoms with van der Waals surface area (Å²) < 4.78 is 13.2. The Balaban J connectivity index is 1.28. The summed E-state index contributed by atoms with van der Waals surface area (Å²) in [6.07, 6.45) is 0. The fraction of sp³-hybridized carbons (Fsp3) is 0. The number of benzene rings is 9. The van der Waals surface area contributed by atoms with E-state index in [1.807, 2.05) is 12.1 Å². The Kier molecular flexibility index (Phi) is 5.96. The third-order valence-electron chi connectivity index (χ3n) is 10.4. The normalized spacial score (nSPS) is 11.9. The van der Waals surface area contributed by atoms with E-state index >= 15 is 0 Å². The molecule has 0 spiro atoms. The number of nitrogens with zero attached hydrogens (tertiary/aromatic N) is 1. The molecule has 51 heavy (non-hydrogen) atoms. The summed E-state index contributed by atoms with van der Waals surface area (Å²) in [5, 5.41) is 11.5. The van der Waals surface area contributed by atoms with Crippen molar-refractivity contribution in [2.75, 3.05) is 4.90 Å². The highest BCUT2D eigenvalue weighted by Crippen LogP contribution is 2.49. The SMILES string of the molecule is c1ccc2c(-c3ccc(N(c4ccc5oc6ccccc6c5c4)c4cccc5ccc6ccccc6c45)c4c3oc3ccccc34)cccc2c1. The lowest BCUT2D eigenvalue weighted by Gasteiger charge is -2.28. The first-order valence-electron chi connectivity index (χ1n) is 17.3. The molecule has 2 aromatic heterocycles. The Morgan fingerprint density at radius 3 is 1.80 bits per heavy atom. The van der Waals surface area contributed by atoms with Crippen molar-refractivity contribution in [1.29, 1.82) is 0 Å². The average Bonchev–Trinajstić information content (AvgIpc) is 3.77. The summed E-state index contributed by atoms with van der Waals surface area (Å²) in [4.78, 5) is 2.42. The molecule has 2 heterocycles. The van der Waals surface area contributed by atoms with Crippen molar-refractivity contribution < 1.29 is 8.83 Å². The first kappa shape index (κ1) is 28.0. The number of furan rings is 2. The molecule has 9 aromatic carbocycles. The van der Waals surface area contributed by atoms with Gasteiger partial charge in [0.05, 0.1) is 16.8 Å². The molecule has 3 nitrogen and oxygen atoms in total. The lowest BCUT2D eigenvalue weighted by Crippen LogP contribution is -2.11. The lowest BCUT2D eigenvalue weighted by molar-refractivity contribution is 0.669. The van der Waals surface area contributed by atoms with Gasteiger partial charge < -0.3 is 13.7 Å². The summed E-state index contributed by atoms with van der Waals surface area (Å²) in [6.45, 7) is 0. The standard InChI is InChI=1S/C48H29NO2/c1-3-15-34-30(11-1)13-9-19-36(34)38-26-27-42(47-39-18-6-8-22-44(39)51-48(38)47)49(33-25-28-45-40(29-33)37-17-5-7-21-43(37)50-45)41-20-10-14-32-24-23-31-12-2-4-16-35(31)46(32)41/h1-29H. The van der Waals surface area contributed by atoms with E-state index < -0.39 is 0 Å². The highest BCUT2D eigenvalue weighted by atomic mass is 16.3. The van der Waals surface area contributed by atoms with Crippen molar-refractivity contribution in [3.63, 3.8) is 0 Å². The molecule has 0 aliphatic carbocycles. The topological polar surface area (TPSA) is 29.5 Å². The summed E-state index contributed by atoms with van der Waals surface area (Å²) in [6, 6.07) is 62.6. The molecule has 0 amide bonds. The molecular formula is C48H29NO2. The van der Waals surface area contributed by atoms with Crippen LogP contribution in [-0.2, 0) is 0 Å². The third-order valence-corrected chi connectivity index (χ3v) is 10.4. The highest BCUT2D eigenvalue weighted by molar-refractivity contribution is 6.21. The number of anilines is 3. The molecule has 0 atom stereocenters. The minimum atomic E-state index is 0.862. The predicted molar refractivity (Wildman–Crippen MR) is 214 cm³/mol. The number of hydrogen-bond acceptors (Lipinski definition) is 3. The van der Waals surface area contributed by atoms with E-state index in [0.717, 1.165) is 72.1 Å². The molecule has 0 saturated heterocycles. The molecule has 0 aliphatic rings. The van der Waals surface area contributed by atoms with Crippen LogP contribution in [0.1, 0.15) is 0 Å². The van der Waals surface area contributed by atoms with Crippen LogP contribution >= 0.6 is 0 Å². The quantitative estimate of drug-likeness (QED) is 0.177. The molecule has 3 heteroatoms. The van der Waals surface area contributed by atoms with Crippen LogP contribution < -0.4 is 4.90 Å². The van der Waals surface area contributed by atoms with E-state index in [1.165, 1.54) is 32.3 Å². The second-order valence-corrected chi connectivity index (χ2v) is 13.2. The van der Waals surface area contributed by atoms with Gasteiger partial charge in [-0.05, 0) is 81.0 Å². The molecule has 0 bridgehead atoms. The maximum absolute atomic E-state index is 6.88. The van der Waals surface area contributed by atoms with Crippen molar-refractivity contribution in [1.82, 2.24) is 0 Å². The maximum Gasteiger partial charge on any atom is 0.145 e. The van der Waals surface area contributed by atoms with Crippen LogP contribution in [0.3, 0.4) is 0 Å². The summed E-state index contributed by atoms with van der Waals surface area (Å²) >= 11 is 0. The minimum absolute atomic E-state index is 0.862. The van der Waals surface area contributed by atoms with Gasteiger partial charge in [0.2, 0.25) is 0 Å². The fourth-order valence-electron chi connectivity index (χ4n) is 8.16. The van der Waals surface area contributed by atoms with Gasteiger partial charge in [-0.25, -0.2) is 0 Å². The Morgan fingerprint density at radius 2 is 0.941 bits per heavy atom. The third kappa shape index (κ3) is 4.19. The van der Waals surface area contributed by atoms with Crippen molar-refractivity contribution in [2.24, 2.45) is 0 Å². The van der Waals surface area contributed by atoms with Gasteiger partial charge in [0.1, 0.15) is 22.3 Å². The van der Waals surface area contributed by atoms with E-state index in [2.05, 4.69) is 169 Å². The van der Waals surface area contributed by atoms with Gasteiger partial charge in [-0.3, -0.25) is 0 Å². The smallest absolute Gasteiger partial charge is 0.145 e. The molecule has 0 unspecified atom stereocenters. The fourth-order valence-corrected chi connectivity index (χ4v) is 8.16. The number of fused-ring (bicyclic) bond motifs is 10. The first-order valence-corrected chi connectivity index (χ1v) is 17.3. The first-order chi connectivity index (χ1) is 25.3. The highest BCUT2D eigenvalue weighted by Gasteiger charge is 2.25. The van der Waals surface area contributed by atoms with Crippen LogP contribution in [0.15, 0.2) is 185 Å². The number of hydrogen-bond donors (Lipinski definition) is 0. The minimum Gasteiger partial charge on any atom is -0.456 e. The van der Waals surface area contributed by atoms with Crippen molar-refractivity contribution in [3.8, 4) is 11.1 Å². The molecule has 238 valence electrons. The van der Waals surface area contributed by atoms with Crippen LogP contribution in [0.2, 0.25) is 0 Å². The Hall–Kier alpha value is -6.84. The van der Waals surface area contributed by atoms with E-state index in [0.29, 0.717) is 0 Å². The maximum atomic E-state index is 6.88. The van der Waals surface area contributed by atoms with Crippen molar-refractivity contribution in [2.45, 2.75) is 0 Å². The van der Waals surface area contributed by atoms with Crippen molar-refractivity contribution >= 4 is 93.3 Å². The molecule has 0 N–H and O–H groups in total. The van der Waals surface area contributed by atoms with Gasteiger partial charge in [0, 0.05) is 32.8 Å². The van der Waals surface area contributed by atoms with Crippen LogP contribution in [0.5, 0.6) is 0 Å². The zero-order valence-corrected chi connectivity index (χ0v) is 27.5. The van der Waals surface area contributed by atoms with Crippen LogP contribution in [0.4, 0.5) is 17.1 Å². The molecule has 0 fully saturated rings. The monoisotopic (exact) mass is 651 g/mol. The van der Waals surface area contributed by atoms with E-state index in [9.17, 15) is 0 Å². The van der Waals surface area contributed by atoms with Gasteiger partial charge in [0.15, 0.2) is 0 Å². The Bertz CT molecular complexity index is 3160. The van der Waals surface area contributed by atoms with Gasteiger partial charge >= 0.3 is 0 Å². The molecule has 0 radical (unpaired) electrons. The van der Waals surface area contributed by atoms with Crippen LogP contribution in [-0.4, -0.2) is 0 Å². The van der Waals surface area contributed by atoms with E-state index in [4.69, 9.17) is 8.83 Å². The Morgan fingerprint density at radius 1 is 0.333 bits per heavy atom. The summed E-state index contributed by atoms with van der Waals surface area (Å²) in [7, 11) is 0. The lowest BCUT2D eigenvalue weighted by atomic mass is 9.95. The van der Waals surface area contributed by atoms with Gasteiger partial charge in [0.25, 0.3) is 0 Å². The number of para-hydroxylation sites is 2. The van der Waals surface area contributed by atoms with Gasteiger partial charge in [-0.15, -0.1) is 0 Å². The zero-order chi connectivity index (χ0) is 33.5. The zero-order valence-electron chi connectivity index (χ0n) is 27.5. The molecule has 0 saturated carbocycles. The van der Waals surface area contributed by atoms with Gasteiger partial charge in [-0.2, -0.15) is 0 Å². The molecule has 11 aromatic rings. The summed E-state index contributed by atoms with van der Waals surface area (Å²) in [5.74, 6) is 0. The van der Waals surface area contributed by atoms with Crippen LogP contribution in [0.25, 0.3) is 87.3 Å². The van der Waals surface area contributed by atoms with E-state index in [-0.39, 0.29) is 0 Å². The van der Waals surface area contributed by atoms with E-state index in [1.54, 1.807) is 0 Å². The van der Waals surface area contributed by atoms with Gasteiger partial charge in [-0.1, -0.05) is 127 Å². The predicted octanol–water partition coefficient (Wildman–Crippen LogP) is 14.1. The average molecular weight is 652 g/mol. The largest absolute Gasteiger partial charge is 0.456 e. The number of rotatable bonds is 4. The Labute approximate surface area is 293 Å². The second-order valence-electron chi connectivity index (χ2n) is 13.2. The summed E-state index contributed by atoms with van der Waals surface area (Å²) in [5.41, 5.74) is 8.89. The molecule has 11 rings (SSSR count). The van der Waals surface area contributed by atoms with Crippen molar-refractivity contribution in [3.05, 3.63) is 176 Å². The van der Waals surface area contributed by atoms with Crippen LogP contribution in [0, 0.1) is 0 Å². The molecular weight excluding hydrogens is 623 g/mol. The molecule has 0 aliphatic heterocycles.